The summed E-state index contributed by atoms with van der Waals surface area (Å²) < 4.78 is 21.2. The van der Waals surface area contributed by atoms with Crippen molar-refractivity contribution in [2.75, 3.05) is 18.2 Å². The number of nitrogens with one attached hydrogen (secondary N) is 1. The number of benzene rings is 3. The number of hydrogen-bond acceptors (Lipinski definition) is 8. The first-order chi connectivity index (χ1) is 20.8. The van der Waals surface area contributed by atoms with Gasteiger partial charge < -0.3 is 20.9 Å². The van der Waals surface area contributed by atoms with E-state index in [0.29, 0.717) is 39.6 Å². The molecule has 1 atom stereocenters. The summed E-state index contributed by atoms with van der Waals surface area (Å²) in [7, 11) is 1.55. The number of aromatic nitrogens is 4. The van der Waals surface area contributed by atoms with Crippen LogP contribution in [0, 0.1) is 5.82 Å². The fraction of sp³-hybridized carbons (Fsp3) is 0.0909. The number of aromatic hydroxyl groups is 1. The van der Waals surface area contributed by atoms with Crippen LogP contribution in [0.15, 0.2) is 102 Å². The number of para-hydroxylation sites is 1. The number of halogens is 1. The molecule has 6 aromatic rings. The molecule has 0 radical (unpaired) electrons. The summed E-state index contributed by atoms with van der Waals surface area (Å²) in [5, 5.41) is 14.3. The Morgan fingerprint density at radius 3 is 2.51 bits per heavy atom. The number of nitrogens with two attached hydrogens (primary N) is 1. The number of phenols is 1. The Labute approximate surface area is 246 Å². The molecule has 0 spiro atoms. The average Bonchev–Trinajstić information content (AvgIpc) is 3.02. The van der Waals surface area contributed by atoms with E-state index >= 15 is 0 Å². The molecule has 214 valence electrons. The fourth-order valence-corrected chi connectivity index (χ4v) is 5.14. The van der Waals surface area contributed by atoms with Crippen LogP contribution in [0.5, 0.6) is 11.6 Å². The lowest BCUT2D eigenvalue weighted by Crippen LogP contribution is -2.26. The zero-order valence-electron chi connectivity index (χ0n) is 23.3. The van der Waals surface area contributed by atoms with Crippen molar-refractivity contribution in [2.24, 2.45) is 0 Å². The van der Waals surface area contributed by atoms with Gasteiger partial charge in [-0.3, -0.25) is 9.36 Å². The number of phenolic OH excluding ortho intramolecular Hbond substituents is 1. The second-order valence-corrected chi connectivity index (χ2v) is 9.92. The molecule has 3 aromatic heterocycles. The van der Waals surface area contributed by atoms with Gasteiger partial charge in [0, 0.05) is 35.4 Å². The van der Waals surface area contributed by atoms with Gasteiger partial charge in [0.05, 0.1) is 18.5 Å². The van der Waals surface area contributed by atoms with Crippen molar-refractivity contribution in [3.05, 3.63) is 119 Å². The normalized spacial score (nSPS) is 11.8. The van der Waals surface area contributed by atoms with E-state index in [9.17, 15) is 14.3 Å². The smallest absolute Gasteiger partial charge is 0.263 e. The molecule has 0 bridgehead atoms. The van der Waals surface area contributed by atoms with Crippen LogP contribution in [0.2, 0.25) is 0 Å². The lowest BCUT2D eigenvalue weighted by atomic mass is 9.98. The first kappa shape index (κ1) is 27.4. The van der Waals surface area contributed by atoms with E-state index in [0.717, 1.165) is 16.5 Å². The SMILES string of the molecule is COc1cc(-c2cccc3cc(C(C)Nc4nc(N)ncc4-c4ccc(O)c(F)c4)n(-c4ccccc4)c(=O)c23)ccn1. The summed E-state index contributed by atoms with van der Waals surface area (Å²) >= 11 is 0. The second-order valence-electron chi connectivity index (χ2n) is 9.92. The fourth-order valence-electron chi connectivity index (χ4n) is 5.14. The molecule has 4 N–H and O–H groups in total. The van der Waals surface area contributed by atoms with Crippen LogP contribution >= 0.6 is 0 Å². The summed E-state index contributed by atoms with van der Waals surface area (Å²) in [6.45, 7) is 1.90. The van der Waals surface area contributed by atoms with E-state index in [1.165, 1.54) is 18.3 Å². The molecule has 10 heteroatoms. The van der Waals surface area contributed by atoms with Crippen molar-refractivity contribution in [2.45, 2.75) is 13.0 Å². The molecule has 1 unspecified atom stereocenters. The minimum Gasteiger partial charge on any atom is -0.505 e. The maximum Gasteiger partial charge on any atom is 0.263 e. The molecule has 3 heterocycles. The van der Waals surface area contributed by atoms with Gasteiger partial charge in [-0.2, -0.15) is 4.98 Å². The van der Waals surface area contributed by atoms with E-state index in [2.05, 4.69) is 20.3 Å². The minimum absolute atomic E-state index is 0.0223. The Balaban J connectivity index is 1.53. The van der Waals surface area contributed by atoms with Gasteiger partial charge in [-0.05, 0) is 65.4 Å². The molecule has 0 fully saturated rings. The van der Waals surface area contributed by atoms with Crippen molar-refractivity contribution in [3.8, 4) is 39.6 Å². The highest BCUT2D eigenvalue weighted by Crippen LogP contribution is 2.34. The molecular formula is C33H27FN6O3. The van der Waals surface area contributed by atoms with Gasteiger partial charge in [-0.25, -0.2) is 14.4 Å². The number of anilines is 2. The zero-order chi connectivity index (χ0) is 30.1. The van der Waals surface area contributed by atoms with Gasteiger partial charge in [-0.1, -0.05) is 42.5 Å². The van der Waals surface area contributed by atoms with Gasteiger partial charge in [0.15, 0.2) is 11.6 Å². The molecule has 43 heavy (non-hydrogen) atoms. The summed E-state index contributed by atoms with van der Waals surface area (Å²) in [5.74, 6) is -0.427. The molecule has 0 saturated heterocycles. The van der Waals surface area contributed by atoms with Crippen molar-refractivity contribution in [1.82, 2.24) is 19.5 Å². The van der Waals surface area contributed by atoms with E-state index < -0.39 is 17.6 Å². The van der Waals surface area contributed by atoms with Gasteiger partial charge in [0.25, 0.3) is 5.56 Å². The molecular weight excluding hydrogens is 547 g/mol. The van der Waals surface area contributed by atoms with Crippen LogP contribution in [0.3, 0.4) is 0 Å². The van der Waals surface area contributed by atoms with Crippen LogP contribution in [-0.4, -0.2) is 31.7 Å². The second kappa shape index (κ2) is 11.2. The van der Waals surface area contributed by atoms with Crippen LogP contribution < -0.4 is 21.3 Å². The Morgan fingerprint density at radius 1 is 0.953 bits per heavy atom. The van der Waals surface area contributed by atoms with Crippen molar-refractivity contribution < 1.29 is 14.2 Å². The lowest BCUT2D eigenvalue weighted by molar-refractivity contribution is 0.398. The highest BCUT2D eigenvalue weighted by atomic mass is 19.1. The first-order valence-electron chi connectivity index (χ1n) is 13.5. The largest absolute Gasteiger partial charge is 0.505 e. The third kappa shape index (κ3) is 5.21. The molecule has 0 saturated carbocycles. The molecule has 0 amide bonds. The number of methoxy groups -OCH3 is 1. The molecule has 3 aromatic carbocycles. The number of nitrogens with zero attached hydrogens (tertiary/aromatic N) is 4. The van der Waals surface area contributed by atoms with Gasteiger partial charge in [0.1, 0.15) is 5.82 Å². The maximum atomic E-state index is 14.4. The Hall–Kier alpha value is -5.77. The van der Waals surface area contributed by atoms with Crippen LogP contribution in [0.25, 0.3) is 38.7 Å². The van der Waals surface area contributed by atoms with Crippen molar-refractivity contribution >= 4 is 22.5 Å². The monoisotopic (exact) mass is 574 g/mol. The lowest BCUT2D eigenvalue weighted by Gasteiger charge is -2.23. The predicted octanol–water partition coefficient (Wildman–Crippen LogP) is 6.12. The third-order valence-corrected chi connectivity index (χ3v) is 7.21. The summed E-state index contributed by atoms with van der Waals surface area (Å²) in [4.78, 5) is 27.1. The minimum atomic E-state index is -0.775. The van der Waals surface area contributed by atoms with E-state index in [-0.39, 0.29) is 11.5 Å². The number of rotatable bonds is 7. The Kier molecular flexibility index (Phi) is 7.17. The quantitative estimate of drug-likeness (QED) is 0.208. The van der Waals surface area contributed by atoms with E-state index in [1.807, 2.05) is 67.6 Å². The number of pyridine rings is 2. The number of hydrogen-bond donors (Lipinski definition) is 3. The Bertz CT molecular complexity index is 2030. The van der Waals surface area contributed by atoms with Gasteiger partial charge in [0.2, 0.25) is 11.8 Å². The molecule has 0 aliphatic carbocycles. The molecule has 0 aliphatic rings. The highest BCUT2D eigenvalue weighted by Gasteiger charge is 2.21. The molecule has 0 aliphatic heterocycles. The van der Waals surface area contributed by atoms with Crippen molar-refractivity contribution in [3.63, 3.8) is 0 Å². The standard InChI is InChI=1S/C33H27FN6O3/c1-19(38-31-25(18-37-33(35)39-31)20-11-12-28(41)26(34)15-20)27-16-22-7-6-10-24(21-13-14-36-29(17-21)43-2)30(22)32(42)40(27)23-8-4-3-5-9-23/h3-19,41H,1-2H3,(H3,35,37,38,39). The van der Waals surface area contributed by atoms with Crippen LogP contribution in [-0.2, 0) is 0 Å². The molecule has 9 nitrogen and oxygen atoms in total. The first-order valence-corrected chi connectivity index (χ1v) is 13.5. The van der Waals surface area contributed by atoms with Crippen LogP contribution in [0.4, 0.5) is 16.2 Å². The third-order valence-electron chi connectivity index (χ3n) is 7.21. The molecule has 6 rings (SSSR count). The van der Waals surface area contributed by atoms with Gasteiger partial charge >= 0.3 is 0 Å². The number of nitrogen functional groups attached to an aromatic ring is 1. The number of fused-ring (bicyclic) bond motifs is 1. The predicted molar refractivity (Wildman–Crippen MR) is 165 cm³/mol. The Morgan fingerprint density at radius 2 is 1.74 bits per heavy atom. The summed E-state index contributed by atoms with van der Waals surface area (Å²) in [6.07, 6.45) is 3.14. The number of ether oxygens (including phenoxy) is 1. The van der Waals surface area contributed by atoms with Crippen molar-refractivity contribution in [1.29, 1.82) is 0 Å². The maximum absolute atomic E-state index is 14.4. The van der Waals surface area contributed by atoms with E-state index in [4.69, 9.17) is 10.5 Å². The summed E-state index contributed by atoms with van der Waals surface area (Å²) in [6, 6.07) is 24.2. The zero-order valence-corrected chi connectivity index (χ0v) is 23.3. The average molecular weight is 575 g/mol. The topological polar surface area (TPSA) is 128 Å². The highest BCUT2D eigenvalue weighted by molar-refractivity contribution is 5.96. The van der Waals surface area contributed by atoms with Crippen LogP contribution in [0.1, 0.15) is 18.7 Å². The van der Waals surface area contributed by atoms with Gasteiger partial charge in [-0.15, -0.1) is 0 Å². The summed E-state index contributed by atoms with van der Waals surface area (Å²) in [5.41, 5.74) is 9.55. The van der Waals surface area contributed by atoms with E-state index in [1.54, 1.807) is 30.0 Å².